The molecule has 3 heterocycles. The molecule has 1 amide bonds. The lowest BCUT2D eigenvalue weighted by molar-refractivity contribution is -0.149. The lowest BCUT2D eigenvalue weighted by Crippen LogP contribution is -2.42. The number of carbonyl (C=O) groups excluding carboxylic acids is 1. The topological polar surface area (TPSA) is 59.4 Å². The fraction of sp³-hybridized carbons (Fsp3) is 0.474. The van der Waals surface area contributed by atoms with Gasteiger partial charge in [-0.3, -0.25) is 4.79 Å². The smallest absolute Gasteiger partial charge is 0.249 e. The molecule has 1 aliphatic heterocycles. The van der Waals surface area contributed by atoms with Crippen molar-refractivity contribution in [2.24, 2.45) is 0 Å². The van der Waals surface area contributed by atoms with Gasteiger partial charge in [-0.2, -0.15) is 5.10 Å². The molecule has 0 aromatic carbocycles. The number of likely N-dealkylation sites (N-methyl/N-ethyl adjacent to an activating group) is 1. The summed E-state index contributed by atoms with van der Waals surface area (Å²) in [5.41, 5.74) is 0.983. The van der Waals surface area contributed by atoms with Crippen molar-refractivity contribution < 1.29 is 9.53 Å². The molecule has 0 aliphatic carbocycles. The van der Waals surface area contributed by atoms with Gasteiger partial charge in [0.1, 0.15) is 6.10 Å². The molecule has 7 heteroatoms. The van der Waals surface area contributed by atoms with E-state index in [-0.39, 0.29) is 12.1 Å². The zero-order valence-corrected chi connectivity index (χ0v) is 16.1. The number of thiophene rings is 1. The number of nitrogens with one attached hydrogen (secondary N) is 1. The first-order valence-corrected chi connectivity index (χ1v) is 9.84. The normalized spacial score (nSPS) is 20.7. The lowest BCUT2D eigenvalue weighted by Gasteiger charge is -2.30. The number of rotatable bonds is 7. The van der Waals surface area contributed by atoms with E-state index in [4.69, 9.17) is 4.74 Å². The largest absolute Gasteiger partial charge is 0.353 e. The molecule has 3 rings (SSSR count). The lowest BCUT2D eigenvalue weighted by atomic mass is 10.1. The highest BCUT2D eigenvalue weighted by molar-refractivity contribution is 7.10. The second-order valence-corrected chi connectivity index (χ2v) is 7.63. The monoisotopic (exact) mass is 374 g/mol. The molecule has 0 radical (unpaired) electrons. The predicted octanol–water partition coefficient (Wildman–Crippen LogP) is 2.86. The Bertz CT molecular complexity index is 724. The van der Waals surface area contributed by atoms with Crippen LogP contribution in [0.25, 0.3) is 12.2 Å². The molecule has 1 saturated heterocycles. The Morgan fingerprint density at radius 2 is 2.31 bits per heavy atom. The highest BCUT2D eigenvalue weighted by Gasteiger charge is 2.29. The maximum Gasteiger partial charge on any atom is 0.249 e. The van der Waals surface area contributed by atoms with Crippen LogP contribution in [0.2, 0.25) is 0 Å². The first-order valence-electron chi connectivity index (χ1n) is 8.96. The van der Waals surface area contributed by atoms with Crippen LogP contribution in [0.1, 0.15) is 36.1 Å². The Balaban J connectivity index is 1.61. The van der Waals surface area contributed by atoms with Crippen molar-refractivity contribution in [1.29, 1.82) is 0 Å². The van der Waals surface area contributed by atoms with E-state index in [1.54, 1.807) is 17.5 Å². The minimum atomic E-state index is -0.408. The van der Waals surface area contributed by atoms with Crippen LogP contribution in [-0.2, 0) is 9.53 Å². The number of aromatic nitrogens is 2. The summed E-state index contributed by atoms with van der Waals surface area (Å²) in [6.07, 6.45) is 7.85. The third-order valence-corrected chi connectivity index (χ3v) is 5.16. The zero-order chi connectivity index (χ0) is 18.4. The summed E-state index contributed by atoms with van der Waals surface area (Å²) in [5, 5.41) is 9.44. The molecular formula is C19H26N4O2S. The number of nitrogens with zero attached hydrogens (tertiary/aromatic N) is 3. The predicted molar refractivity (Wildman–Crippen MR) is 105 cm³/mol. The first-order chi connectivity index (χ1) is 12.6. The van der Waals surface area contributed by atoms with Gasteiger partial charge in [0.15, 0.2) is 6.23 Å². The summed E-state index contributed by atoms with van der Waals surface area (Å²) in [6.45, 7) is 1.45. The Hall–Kier alpha value is -1.96. The van der Waals surface area contributed by atoms with Crippen molar-refractivity contribution in [2.45, 2.75) is 31.6 Å². The van der Waals surface area contributed by atoms with E-state index < -0.39 is 6.10 Å². The van der Waals surface area contributed by atoms with Crippen LogP contribution in [0.5, 0.6) is 0 Å². The zero-order valence-electron chi connectivity index (χ0n) is 15.3. The first kappa shape index (κ1) is 18.8. The van der Waals surface area contributed by atoms with Crippen LogP contribution in [0.4, 0.5) is 0 Å². The summed E-state index contributed by atoms with van der Waals surface area (Å²) in [4.78, 5) is 15.6. The molecule has 6 nitrogen and oxygen atoms in total. The molecule has 0 saturated carbocycles. The van der Waals surface area contributed by atoms with Gasteiger partial charge < -0.3 is 15.0 Å². The van der Waals surface area contributed by atoms with Gasteiger partial charge in [0.2, 0.25) is 5.91 Å². The van der Waals surface area contributed by atoms with Crippen LogP contribution in [0.15, 0.2) is 29.8 Å². The molecule has 2 atom stereocenters. The standard InChI is InChI=1S/C19H26N4O2S/c1-22(2)13-12-20-19(24)17-6-3-7-18(25-17)23-15(10-11-21-23)8-9-16-5-4-14-26-16/h4-5,8-11,14,17-18H,3,6-7,12-13H2,1-2H3,(H,20,24)/b9-8+. The van der Waals surface area contributed by atoms with Crippen LogP contribution in [0.3, 0.4) is 0 Å². The van der Waals surface area contributed by atoms with Crippen molar-refractivity contribution in [3.63, 3.8) is 0 Å². The number of hydrogen-bond donors (Lipinski definition) is 1. The number of ether oxygens (including phenoxy) is 1. The Morgan fingerprint density at radius 3 is 3.08 bits per heavy atom. The molecule has 0 bridgehead atoms. The average Bonchev–Trinajstić information content (AvgIpc) is 3.31. The summed E-state index contributed by atoms with van der Waals surface area (Å²) in [7, 11) is 3.98. The minimum Gasteiger partial charge on any atom is -0.353 e. The van der Waals surface area contributed by atoms with E-state index in [2.05, 4.69) is 27.9 Å². The van der Waals surface area contributed by atoms with E-state index in [1.807, 2.05) is 41.9 Å². The maximum atomic E-state index is 12.4. The Morgan fingerprint density at radius 1 is 1.42 bits per heavy atom. The summed E-state index contributed by atoms with van der Waals surface area (Å²) < 4.78 is 7.95. The quantitative estimate of drug-likeness (QED) is 0.810. The molecule has 2 aromatic heterocycles. The second kappa shape index (κ2) is 9.12. The van der Waals surface area contributed by atoms with E-state index in [0.29, 0.717) is 6.54 Å². The fourth-order valence-corrected chi connectivity index (χ4v) is 3.56. The van der Waals surface area contributed by atoms with Crippen molar-refractivity contribution in [3.05, 3.63) is 40.3 Å². The van der Waals surface area contributed by atoms with E-state index in [1.165, 1.54) is 4.88 Å². The third-order valence-electron chi connectivity index (χ3n) is 4.32. The SMILES string of the molecule is CN(C)CCNC(=O)C1CCCC(n2nccc2/C=C/c2cccs2)O1. The van der Waals surface area contributed by atoms with Crippen LogP contribution >= 0.6 is 11.3 Å². The fourth-order valence-electron chi connectivity index (χ4n) is 2.94. The Labute approximate surface area is 158 Å². The Kier molecular flexibility index (Phi) is 6.60. The molecule has 140 valence electrons. The van der Waals surface area contributed by atoms with Gasteiger partial charge in [-0.15, -0.1) is 11.3 Å². The van der Waals surface area contributed by atoms with Gasteiger partial charge in [-0.05, 0) is 63.0 Å². The van der Waals surface area contributed by atoms with Gasteiger partial charge in [0.25, 0.3) is 0 Å². The number of amides is 1. The molecule has 1 fully saturated rings. The highest BCUT2D eigenvalue weighted by atomic mass is 32.1. The van der Waals surface area contributed by atoms with Crippen molar-refractivity contribution >= 4 is 29.4 Å². The van der Waals surface area contributed by atoms with Gasteiger partial charge in [-0.25, -0.2) is 4.68 Å². The molecule has 0 spiro atoms. The van der Waals surface area contributed by atoms with E-state index in [9.17, 15) is 4.79 Å². The van der Waals surface area contributed by atoms with E-state index in [0.717, 1.165) is 31.5 Å². The number of hydrogen-bond acceptors (Lipinski definition) is 5. The molecule has 1 aliphatic rings. The van der Waals surface area contributed by atoms with Gasteiger partial charge in [-0.1, -0.05) is 6.07 Å². The maximum absolute atomic E-state index is 12.4. The van der Waals surface area contributed by atoms with Crippen molar-refractivity contribution in [3.8, 4) is 0 Å². The highest BCUT2D eigenvalue weighted by Crippen LogP contribution is 2.28. The summed E-state index contributed by atoms with van der Waals surface area (Å²) >= 11 is 1.70. The van der Waals surface area contributed by atoms with Gasteiger partial charge in [0, 0.05) is 24.2 Å². The van der Waals surface area contributed by atoms with Gasteiger partial charge in [0.05, 0.1) is 5.69 Å². The van der Waals surface area contributed by atoms with Crippen molar-refractivity contribution in [2.75, 3.05) is 27.2 Å². The molecule has 26 heavy (non-hydrogen) atoms. The number of carbonyl (C=O) groups is 1. The van der Waals surface area contributed by atoms with Crippen LogP contribution in [-0.4, -0.2) is 53.9 Å². The van der Waals surface area contributed by atoms with E-state index >= 15 is 0 Å². The molecule has 2 unspecified atom stereocenters. The second-order valence-electron chi connectivity index (χ2n) is 6.65. The summed E-state index contributed by atoms with van der Waals surface area (Å²) in [6, 6.07) is 6.08. The van der Waals surface area contributed by atoms with Crippen LogP contribution < -0.4 is 5.32 Å². The molecule has 1 N–H and O–H groups in total. The molecular weight excluding hydrogens is 348 g/mol. The average molecular weight is 375 g/mol. The van der Waals surface area contributed by atoms with Gasteiger partial charge >= 0.3 is 0 Å². The van der Waals surface area contributed by atoms with Crippen LogP contribution in [0, 0.1) is 0 Å². The van der Waals surface area contributed by atoms with Crippen molar-refractivity contribution in [1.82, 2.24) is 20.0 Å². The molecule has 2 aromatic rings. The third kappa shape index (κ3) is 5.03. The minimum absolute atomic E-state index is 0.0283. The summed E-state index contributed by atoms with van der Waals surface area (Å²) in [5.74, 6) is -0.0283.